The second-order valence-corrected chi connectivity index (χ2v) is 7.55. The van der Waals surface area contributed by atoms with Gasteiger partial charge in [-0.1, -0.05) is 18.2 Å². The number of aryl methyl sites for hydroxylation is 1. The van der Waals surface area contributed by atoms with Crippen LogP contribution in [0.3, 0.4) is 0 Å². The molecule has 0 saturated carbocycles. The molecule has 0 bridgehead atoms. The van der Waals surface area contributed by atoms with Gasteiger partial charge in [0.05, 0.1) is 17.8 Å². The summed E-state index contributed by atoms with van der Waals surface area (Å²) in [6.07, 6.45) is 8.86. The SMILES string of the molecule is CC(C)(F)CNc1ncc2c(n1)CCCC=C2c1ccc2ncccc2c1. The largest absolute Gasteiger partial charge is 0.351 e. The summed E-state index contributed by atoms with van der Waals surface area (Å²) in [5.74, 6) is 0.489. The molecule has 27 heavy (non-hydrogen) atoms. The summed E-state index contributed by atoms with van der Waals surface area (Å²) in [7, 11) is 0. The molecule has 1 N–H and O–H groups in total. The molecule has 3 aromatic rings. The first-order valence-corrected chi connectivity index (χ1v) is 9.34. The molecule has 138 valence electrons. The number of anilines is 1. The zero-order valence-corrected chi connectivity index (χ0v) is 15.7. The van der Waals surface area contributed by atoms with Crippen LogP contribution in [0.5, 0.6) is 0 Å². The molecule has 0 amide bonds. The van der Waals surface area contributed by atoms with Crippen molar-refractivity contribution in [3.63, 3.8) is 0 Å². The second-order valence-electron chi connectivity index (χ2n) is 7.55. The lowest BCUT2D eigenvalue weighted by Gasteiger charge is -2.16. The number of fused-ring (bicyclic) bond motifs is 2. The van der Waals surface area contributed by atoms with Gasteiger partial charge < -0.3 is 5.32 Å². The lowest BCUT2D eigenvalue weighted by molar-refractivity contribution is 0.234. The summed E-state index contributed by atoms with van der Waals surface area (Å²) in [6, 6.07) is 10.4. The summed E-state index contributed by atoms with van der Waals surface area (Å²) in [6.45, 7) is 3.27. The highest BCUT2D eigenvalue weighted by Crippen LogP contribution is 2.31. The Morgan fingerprint density at radius 3 is 2.93 bits per heavy atom. The van der Waals surface area contributed by atoms with E-state index in [0.29, 0.717) is 5.95 Å². The van der Waals surface area contributed by atoms with Gasteiger partial charge in [-0.05, 0) is 62.4 Å². The van der Waals surface area contributed by atoms with Crippen molar-refractivity contribution in [2.24, 2.45) is 0 Å². The van der Waals surface area contributed by atoms with Crippen LogP contribution in [-0.4, -0.2) is 27.2 Å². The third-order valence-corrected chi connectivity index (χ3v) is 4.70. The van der Waals surface area contributed by atoms with Crippen molar-refractivity contribution in [1.29, 1.82) is 0 Å². The minimum Gasteiger partial charge on any atom is -0.351 e. The molecular weight excluding hydrogens is 339 g/mol. The number of halogens is 1. The van der Waals surface area contributed by atoms with E-state index in [9.17, 15) is 4.39 Å². The van der Waals surface area contributed by atoms with Crippen molar-refractivity contribution >= 4 is 22.4 Å². The van der Waals surface area contributed by atoms with Crippen LogP contribution >= 0.6 is 0 Å². The molecule has 1 aromatic carbocycles. The van der Waals surface area contributed by atoms with E-state index in [1.165, 1.54) is 0 Å². The van der Waals surface area contributed by atoms with Crippen LogP contribution in [0.4, 0.5) is 10.3 Å². The molecular formula is C22H23FN4. The van der Waals surface area contributed by atoms with Gasteiger partial charge >= 0.3 is 0 Å². The summed E-state index contributed by atoms with van der Waals surface area (Å²) in [5.41, 5.74) is 4.05. The predicted octanol–water partition coefficient (Wildman–Crippen LogP) is 4.95. The van der Waals surface area contributed by atoms with E-state index in [2.05, 4.69) is 50.6 Å². The summed E-state index contributed by atoms with van der Waals surface area (Å²) >= 11 is 0. The van der Waals surface area contributed by atoms with E-state index >= 15 is 0 Å². The molecule has 5 heteroatoms. The lowest BCUT2D eigenvalue weighted by Crippen LogP contribution is -2.25. The first-order chi connectivity index (χ1) is 13.0. The van der Waals surface area contributed by atoms with Crippen molar-refractivity contribution < 1.29 is 4.39 Å². The van der Waals surface area contributed by atoms with E-state index in [1.54, 1.807) is 13.8 Å². The van der Waals surface area contributed by atoms with Gasteiger partial charge in [0, 0.05) is 23.3 Å². The maximum Gasteiger partial charge on any atom is 0.222 e. The molecule has 0 fully saturated rings. The fourth-order valence-electron chi connectivity index (χ4n) is 3.35. The number of rotatable bonds is 4. The normalized spacial score (nSPS) is 14.4. The zero-order chi connectivity index (χ0) is 18.9. The number of nitrogens with zero attached hydrogens (tertiary/aromatic N) is 3. The van der Waals surface area contributed by atoms with Crippen molar-refractivity contribution in [2.45, 2.75) is 38.8 Å². The fraction of sp³-hybridized carbons (Fsp3) is 0.318. The van der Waals surface area contributed by atoms with Gasteiger partial charge in [0.1, 0.15) is 5.67 Å². The monoisotopic (exact) mass is 362 g/mol. The zero-order valence-electron chi connectivity index (χ0n) is 15.7. The highest BCUT2D eigenvalue weighted by molar-refractivity contribution is 5.88. The van der Waals surface area contributed by atoms with Crippen LogP contribution in [0.15, 0.2) is 48.8 Å². The lowest BCUT2D eigenvalue weighted by atomic mass is 9.96. The molecule has 0 unspecified atom stereocenters. The van der Waals surface area contributed by atoms with Crippen LogP contribution in [0.1, 0.15) is 43.5 Å². The van der Waals surface area contributed by atoms with Gasteiger partial charge in [0.15, 0.2) is 0 Å². The molecule has 0 saturated heterocycles. The summed E-state index contributed by atoms with van der Waals surface area (Å²) in [4.78, 5) is 13.5. The van der Waals surface area contributed by atoms with Gasteiger partial charge in [-0.15, -0.1) is 0 Å². The molecule has 0 spiro atoms. The van der Waals surface area contributed by atoms with Crippen molar-refractivity contribution in [1.82, 2.24) is 15.0 Å². The average molecular weight is 362 g/mol. The maximum atomic E-state index is 13.8. The van der Waals surface area contributed by atoms with Crippen LogP contribution in [-0.2, 0) is 6.42 Å². The number of benzene rings is 1. The Morgan fingerprint density at radius 2 is 2.07 bits per heavy atom. The Bertz CT molecular complexity index is 1000. The van der Waals surface area contributed by atoms with Gasteiger partial charge in [0.25, 0.3) is 0 Å². The van der Waals surface area contributed by atoms with Gasteiger partial charge in [0.2, 0.25) is 5.95 Å². The minimum absolute atomic E-state index is 0.187. The third-order valence-electron chi connectivity index (χ3n) is 4.70. The van der Waals surface area contributed by atoms with Gasteiger partial charge in [-0.3, -0.25) is 4.98 Å². The first-order valence-electron chi connectivity index (χ1n) is 9.34. The third kappa shape index (κ3) is 3.97. The van der Waals surface area contributed by atoms with Crippen molar-refractivity contribution in [3.8, 4) is 0 Å². The average Bonchev–Trinajstić information content (AvgIpc) is 2.87. The van der Waals surface area contributed by atoms with Gasteiger partial charge in [-0.25, -0.2) is 14.4 Å². The molecule has 0 aliphatic heterocycles. The molecule has 4 nitrogen and oxygen atoms in total. The van der Waals surface area contributed by atoms with E-state index in [1.807, 2.05) is 18.5 Å². The minimum atomic E-state index is -1.31. The molecule has 1 aliphatic rings. The van der Waals surface area contributed by atoms with E-state index in [0.717, 1.165) is 52.6 Å². The number of alkyl halides is 1. The molecule has 4 rings (SSSR count). The molecule has 1 aliphatic carbocycles. The Labute approximate surface area is 158 Å². The topological polar surface area (TPSA) is 50.7 Å². The number of pyridine rings is 1. The highest BCUT2D eigenvalue weighted by atomic mass is 19.1. The number of hydrogen-bond acceptors (Lipinski definition) is 4. The predicted molar refractivity (Wildman–Crippen MR) is 107 cm³/mol. The Hall–Kier alpha value is -2.82. The molecule has 2 heterocycles. The second kappa shape index (κ2) is 7.06. The molecule has 2 aromatic heterocycles. The van der Waals surface area contributed by atoms with Crippen molar-refractivity contribution in [3.05, 3.63) is 65.6 Å². The fourth-order valence-corrected chi connectivity index (χ4v) is 3.35. The highest BCUT2D eigenvalue weighted by Gasteiger charge is 2.18. The van der Waals surface area contributed by atoms with Crippen molar-refractivity contribution in [2.75, 3.05) is 11.9 Å². The number of nitrogens with one attached hydrogen (secondary N) is 1. The number of hydrogen-bond donors (Lipinski definition) is 1. The number of aromatic nitrogens is 3. The smallest absolute Gasteiger partial charge is 0.222 e. The van der Waals surface area contributed by atoms with E-state index in [-0.39, 0.29) is 6.54 Å². The molecule has 0 atom stereocenters. The van der Waals surface area contributed by atoms with E-state index < -0.39 is 5.67 Å². The first kappa shape index (κ1) is 17.6. The quantitative estimate of drug-likeness (QED) is 0.713. The van der Waals surface area contributed by atoms with Gasteiger partial charge in [-0.2, -0.15) is 0 Å². The van der Waals surface area contributed by atoms with Crippen LogP contribution < -0.4 is 5.32 Å². The van der Waals surface area contributed by atoms with Crippen LogP contribution in [0.2, 0.25) is 0 Å². The summed E-state index contributed by atoms with van der Waals surface area (Å²) < 4.78 is 13.8. The Kier molecular flexibility index (Phi) is 4.60. The Morgan fingerprint density at radius 1 is 1.19 bits per heavy atom. The van der Waals surface area contributed by atoms with E-state index in [4.69, 9.17) is 0 Å². The Balaban J connectivity index is 1.70. The number of allylic oxidation sites excluding steroid dienone is 1. The van der Waals surface area contributed by atoms with Crippen LogP contribution in [0.25, 0.3) is 16.5 Å². The molecule has 0 radical (unpaired) electrons. The van der Waals surface area contributed by atoms with Crippen LogP contribution in [0, 0.1) is 0 Å². The standard InChI is InChI=1S/C22H23FN4/c1-22(2,23)14-26-21-25-13-18-17(7-3-4-8-20(18)27-21)15-9-10-19-16(12-15)6-5-11-24-19/h5-7,9-13H,3-4,8,14H2,1-2H3,(H,25,26,27). The maximum absolute atomic E-state index is 13.8. The summed E-state index contributed by atoms with van der Waals surface area (Å²) in [5, 5.41) is 4.13.